The summed E-state index contributed by atoms with van der Waals surface area (Å²) in [5, 5.41) is 0. The molecule has 0 aromatic heterocycles. The molecular weight excluding hydrogens is 131 g/mol. The van der Waals surface area contributed by atoms with Gasteiger partial charge in [0.05, 0.1) is 0 Å². The van der Waals surface area contributed by atoms with Gasteiger partial charge in [0.1, 0.15) is 12.5 Å². The van der Waals surface area contributed by atoms with Crippen molar-refractivity contribution < 1.29 is 4.39 Å². The van der Waals surface area contributed by atoms with Crippen LogP contribution in [0, 0.1) is 0 Å². The van der Waals surface area contributed by atoms with Crippen LogP contribution in [-0.2, 0) is 0 Å². The van der Waals surface area contributed by atoms with Crippen LogP contribution in [0.1, 0.15) is 26.2 Å². The third-order valence-corrected chi connectivity index (χ3v) is 1.21. The van der Waals surface area contributed by atoms with Gasteiger partial charge in [-0.15, -0.1) is 0 Å². The largest absolute Gasteiger partial charge is 0.385 e. The van der Waals surface area contributed by atoms with E-state index in [9.17, 15) is 4.39 Å². The van der Waals surface area contributed by atoms with Gasteiger partial charge >= 0.3 is 0 Å². The lowest BCUT2D eigenvalue weighted by Gasteiger charge is -1.94. The number of nitrogens with zero attached hydrogens (tertiary/aromatic N) is 1. The zero-order valence-corrected chi connectivity index (χ0v) is 6.44. The summed E-state index contributed by atoms with van der Waals surface area (Å²) in [6.45, 7) is 2.16. The third kappa shape index (κ3) is 5.54. The summed E-state index contributed by atoms with van der Waals surface area (Å²) in [5.41, 5.74) is 5.13. The SMILES string of the molecule is CCCCCN=C(N)CF. The standard InChI is InChI=1S/C7H15FN2/c1-2-3-4-5-10-7(9)6-8/h2-6H2,1H3,(H2,9,10). The van der Waals surface area contributed by atoms with Gasteiger partial charge in [0.15, 0.2) is 0 Å². The molecule has 0 atom stereocenters. The average molecular weight is 146 g/mol. The van der Waals surface area contributed by atoms with E-state index in [0.717, 1.165) is 19.3 Å². The fraction of sp³-hybridized carbons (Fsp3) is 0.857. The van der Waals surface area contributed by atoms with Crippen molar-refractivity contribution in [2.24, 2.45) is 10.7 Å². The van der Waals surface area contributed by atoms with Crippen LogP contribution in [0.3, 0.4) is 0 Å². The quantitative estimate of drug-likeness (QED) is 0.356. The second kappa shape index (κ2) is 6.52. The molecule has 0 spiro atoms. The van der Waals surface area contributed by atoms with E-state index in [1.165, 1.54) is 0 Å². The van der Waals surface area contributed by atoms with Gasteiger partial charge in [0, 0.05) is 6.54 Å². The number of hydrogen-bond donors (Lipinski definition) is 1. The molecule has 0 fully saturated rings. The first-order valence-corrected chi connectivity index (χ1v) is 3.66. The zero-order valence-electron chi connectivity index (χ0n) is 6.44. The lowest BCUT2D eigenvalue weighted by atomic mass is 10.2. The van der Waals surface area contributed by atoms with Crippen molar-refractivity contribution in [3.63, 3.8) is 0 Å². The van der Waals surface area contributed by atoms with Gasteiger partial charge in [-0.3, -0.25) is 4.99 Å². The minimum Gasteiger partial charge on any atom is -0.385 e. The van der Waals surface area contributed by atoms with Crippen molar-refractivity contribution in [3.05, 3.63) is 0 Å². The van der Waals surface area contributed by atoms with E-state index in [1.807, 2.05) is 0 Å². The summed E-state index contributed by atoms with van der Waals surface area (Å²) in [7, 11) is 0. The van der Waals surface area contributed by atoms with Crippen LogP contribution in [0.5, 0.6) is 0 Å². The minimum atomic E-state index is -0.619. The van der Waals surface area contributed by atoms with Crippen LogP contribution in [0.15, 0.2) is 4.99 Å². The molecule has 0 rings (SSSR count). The maximum absolute atomic E-state index is 11.6. The van der Waals surface area contributed by atoms with E-state index in [-0.39, 0.29) is 5.84 Å². The van der Waals surface area contributed by atoms with Crippen LogP contribution < -0.4 is 5.73 Å². The van der Waals surface area contributed by atoms with Crippen LogP contribution >= 0.6 is 0 Å². The molecule has 3 heteroatoms. The van der Waals surface area contributed by atoms with Gasteiger partial charge in [-0.25, -0.2) is 4.39 Å². The molecule has 0 saturated carbocycles. The molecule has 0 radical (unpaired) electrons. The van der Waals surface area contributed by atoms with Crippen molar-refractivity contribution in [2.75, 3.05) is 13.2 Å². The maximum atomic E-state index is 11.6. The van der Waals surface area contributed by atoms with E-state index >= 15 is 0 Å². The number of hydrogen-bond acceptors (Lipinski definition) is 1. The van der Waals surface area contributed by atoms with Gasteiger partial charge in [-0.05, 0) is 6.42 Å². The number of unbranched alkanes of at least 4 members (excludes halogenated alkanes) is 2. The normalized spacial score (nSPS) is 12.0. The Labute approximate surface area is 61.3 Å². The van der Waals surface area contributed by atoms with E-state index in [0.29, 0.717) is 6.54 Å². The third-order valence-electron chi connectivity index (χ3n) is 1.21. The predicted octanol–water partition coefficient (Wildman–Crippen LogP) is 1.50. The Balaban J connectivity index is 3.16. The number of rotatable bonds is 5. The second-order valence-electron chi connectivity index (χ2n) is 2.21. The number of nitrogens with two attached hydrogens (primary N) is 1. The Hall–Kier alpha value is -0.600. The molecule has 2 nitrogen and oxygen atoms in total. The van der Waals surface area contributed by atoms with Gasteiger partial charge in [0.2, 0.25) is 0 Å². The highest BCUT2D eigenvalue weighted by molar-refractivity contribution is 5.81. The van der Waals surface area contributed by atoms with Crippen LogP contribution in [0.2, 0.25) is 0 Å². The highest BCUT2D eigenvalue weighted by Crippen LogP contribution is 1.93. The van der Waals surface area contributed by atoms with Crippen LogP contribution in [0.25, 0.3) is 0 Å². The highest BCUT2D eigenvalue weighted by Gasteiger charge is 1.87. The van der Waals surface area contributed by atoms with E-state index in [1.54, 1.807) is 0 Å². The summed E-state index contributed by atoms with van der Waals surface area (Å²) in [6, 6.07) is 0. The first-order valence-electron chi connectivity index (χ1n) is 3.66. The molecule has 0 amide bonds. The molecule has 0 aromatic rings. The summed E-state index contributed by atoms with van der Waals surface area (Å²) in [6.07, 6.45) is 3.31. The fourth-order valence-corrected chi connectivity index (χ4v) is 0.627. The molecular formula is C7H15FN2. The summed E-state index contributed by atoms with van der Waals surface area (Å²) < 4.78 is 11.6. The molecule has 0 saturated heterocycles. The lowest BCUT2D eigenvalue weighted by Crippen LogP contribution is -2.14. The van der Waals surface area contributed by atoms with Crippen LogP contribution in [-0.4, -0.2) is 19.1 Å². The maximum Gasteiger partial charge on any atom is 0.146 e. The minimum absolute atomic E-state index is 0.121. The summed E-state index contributed by atoms with van der Waals surface area (Å²) in [5.74, 6) is 0.121. The first kappa shape index (κ1) is 9.40. The van der Waals surface area contributed by atoms with Crippen molar-refractivity contribution in [3.8, 4) is 0 Å². The Bertz CT molecular complexity index is 102. The molecule has 10 heavy (non-hydrogen) atoms. The fourth-order valence-electron chi connectivity index (χ4n) is 0.627. The number of amidine groups is 1. The number of halogens is 1. The topological polar surface area (TPSA) is 38.4 Å². The number of aliphatic imine (C=N–C) groups is 1. The van der Waals surface area contributed by atoms with Crippen molar-refractivity contribution in [1.82, 2.24) is 0 Å². The van der Waals surface area contributed by atoms with E-state index < -0.39 is 6.67 Å². The molecule has 0 aliphatic heterocycles. The second-order valence-corrected chi connectivity index (χ2v) is 2.21. The summed E-state index contributed by atoms with van der Waals surface area (Å²) in [4.78, 5) is 3.80. The van der Waals surface area contributed by atoms with E-state index in [4.69, 9.17) is 5.73 Å². The van der Waals surface area contributed by atoms with Crippen molar-refractivity contribution >= 4 is 5.84 Å². The Kier molecular flexibility index (Phi) is 6.13. The Morgan fingerprint density at radius 3 is 2.70 bits per heavy atom. The molecule has 0 heterocycles. The molecule has 0 aromatic carbocycles. The molecule has 2 N–H and O–H groups in total. The smallest absolute Gasteiger partial charge is 0.146 e. The molecule has 0 aliphatic rings. The molecule has 0 unspecified atom stereocenters. The molecule has 60 valence electrons. The number of alkyl halides is 1. The van der Waals surface area contributed by atoms with Crippen LogP contribution in [0.4, 0.5) is 4.39 Å². The Morgan fingerprint density at radius 1 is 1.50 bits per heavy atom. The first-order chi connectivity index (χ1) is 4.81. The van der Waals surface area contributed by atoms with Crippen molar-refractivity contribution in [1.29, 1.82) is 0 Å². The Morgan fingerprint density at radius 2 is 2.20 bits per heavy atom. The monoisotopic (exact) mass is 146 g/mol. The molecule has 0 aliphatic carbocycles. The van der Waals surface area contributed by atoms with Crippen molar-refractivity contribution in [2.45, 2.75) is 26.2 Å². The highest BCUT2D eigenvalue weighted by atomic mass is 19.1. The predicted molar refractivity (Wildman–Crippen MR) is 42.0 cm³/mol. The average Bonchev–Trinajstić information content (AvgIpc) is 1.98. The van der Waals surface area contributed by atoms with E-state index in [2.05, 4.69) is 11.9 Å². The van der Waals surface area contributed by atoms with Gasteiger partial charge in [0.25, 0.3) is 0 Å². The van der Waals surface area contributed by atoms with Gasteiger partial charge in [-0.2, -0.15) is 0 Å². The van der Waals surface area contributed by atoms with Gasteiger partial charge < -0.3 is 5.73 Å². The summed E-state index contributed by atoms with van der Waals surface area (Å²) >= 11 is 0. The lowest BCUT2D eigenvalue weighted by molar-refractivity contribution is 0.576. The molecule has 0 bridgehead atoms. The van der Waals surface area contributed by atoms with Gasteiger partial charge in [-0.1, -0.05) is 19.8 Å². The zero-order chi connectivity index (χ0) is 7.82.